The zero-order valence-corrected chi connectivity index (χ0v) is 12.4. The quantitative estimate of drug-likeness (QED) is 0.764. The van der Waals surface area contributed by atoms with E-state index in [0.717, 1.165) is 10.0 Å². The number of aromatic nitrogens is 2. The molecule has 2 aromatic heterocycles. The van der Waals surface area contributed by atoms with E-state index in [0.29, 0.717) is 17.0 Å². The molecule has 0 saturated heterocycles. The molecular weight excluding hydrogens is 336 g/mol. The number of imidazole rings is 1. The highest BCUT2D eigenvalue weighted by Gasteiger charge is 2.14. The average Bonchev–Trinajstić information content (AvgIpc) is 2.85. The van der Waals surface area contributed by atoms with E-state index in [2.05, 4.69) is 20.9 Å². The Balaban J connectivity index is 2.23. The summed E-state index contributed by atoms with van der Waals surface area (Å²) in [7, 11) is 0. The highest BCUT2D eigenvalue weighted by molar-refractivity contribution is 9.10. The fourth-order valence-electron chi connectivity index (χ4n) is 2.21. The molecule has 0 radical (unpaired) electrons. The maximum Gasteiger partial charge on any atom is 0.337 e. The Hall–Kier alpha value is -2.18. The van der Waals surface area contributed by atoms with Gasteiger partial charge in [0, 0.05) is 16.2 Å². The molecule has 0 aliphatic rings. The molecule has 0 unspecified atom stereocenters. The fourth-order valence-corrected chi connectivity index (χ4v) is 2.47. The molecule has 2 heterocycles. The topological polar surface area (TPSA) is 74.8 Å². The van der Waals surface area contributed by atoms with E-state index in [1.54, 1.807) is 10.5 Å². The Kier molecular flexibility index (Phi) is 3.48. The number of aliphatic hydroxyl groups excluding tert-OH is 1. The number of benzene rings is 1. The van der Waals surface area contributed by atoms with Gasteiger partial charge in [0.25, 0.3) is 0 Å². The molecule has 3 aromatic rings. The van der Waals surface area contributed by atoms with Crippen LogP contribution in [0.5, 0.6) is 0 Å². The molecule has 0 amide bonds. The van der Waals surface area contributed by atoms with Crippen LogP contribution in [0.2, 0.25) is 0 Å². The van der Waals surface area contributed by atoms with Crippen LogP contribution in [0.4, 0.5) is 0 Å². The lowest BCUT2D eigenvalue weighted by Crippen LogP contribution is -2.01. The predicted octanol–water partition coefficient (Wildman–Crippen LogP) is 2.95. The van der Waals surface area contributed by atoms with Crippen LogP contribution in [-0.4, -0.2) is 25.6 Å². The van der Waals surface area contributed by atoms with Gasteiger partial charge in [-0.15, -0.1) is 0 Å². The van der Waals surface area contributed by atoms with Gasteiger partial charge in [-0.2, -0.15) is 0 Å². The van der Waals surface area contributed by atoms with Crippen molar-refractivity contribution >= 4 is 27.5 Å². The predicted molar refractivity (Wildman–Crippen MR) is 81.2 cm³/mol. The second-order valence-corrected chi connectivity index (χ2v) is 5.44. The van der Waals surface area contributed by atoms with Gasteiger partial charge in [0.05, 0.1) is 23.6 Å². The van der Waals surface area contributed by atoms with Gasteiger partial charge in [0.2, 0.25) is 0 Å². The second kappa shape index (κ2) is 5.31. The number of fused-ring (bicyclic) bond motifs is 1. The summed E-state index contributed by atoms with van der Waals surface area (Å²) in [4.78, 5) is 15.5. The zero-order valence-electron chi connectivity index (χ0n) is 10.8. The summed E-state index contributed by atoms with van der Waals surface area (Å²) in [5.74, 6) is -1.01. The third-order valence-electron chi connectivity index (χ3n) is 3.23. The van der Waals surface area contributed by atoms with Crippen molar-refractivity contribution in [3.63, 3.8) is 0 Å². The van der Waals surface area contributed by atoms with E-state index >= 15 is 0 Å². The van der Waals surface area contributed by atoms with E-state index < -0.39 is 5.97 Å². The van der Waals surface area contributed by atoms with Crippen molar-refractivity contribution in [2.45, 2.75) is 6.61 Å². The SMILES string of the molecule is O=C(O)c1ccc2nc(-c3ccc(Br)cc3)c(CO)n2c1. The minimum atomic E-state index is -1.01. The van der Waals surface area contributed by atoms with Crippen LogP contribution in [0, 0.1) is 0 Å². The zero-order chi connectivity index (χ0) is 15.0. The number of carboxylic acids is 1. The molecule has 0 aliphatic carbocycles. The molecule has 3 rings (SSSR count). The number of hydrogen-bond acceptors (Lipinski definition) is 3. The normalized spacial score (nSPS) is 11.0. The number of nitrogens with zero attached hydrogens (tertiary/aromatic N) is 2. The number of carbonyl (C=O) groups is 1. The first kappa shape index (κ1) is 13.8. The maximum absolute atomic E-state index is 11.1. The highest BCUT2D eigenvalue weighted by atomic mass is 79.9. The van der Waals surface area contributed by atoms with Crippen molar-refractivity contribution in [3.05, 3.63) is 58.3 Å². The Labute approximate surface area is 128 Å². The van der Waals surface area contributed by atoms with E-state index in [4.69, 9.17) is 5.11 Å². The minimum Gasteiger partial charge on any atom is -0.478 e. The molecule has 1 aromatic carbocycles. The van der Waals surface area contributed by atoms with Crippen molar-refractivity contribution in [2.75, 3.05) is 0 Å². The van der Waals surface area contributed by atoms with Crippen LogP contribution in [0.1, 0.15) is 16.1 Å². The van der Waals surface area contributed by atoms with Crippen molar-refractivity contribution < 1.29 is 15.0 Å². The largest absolute Gasteiger partial charge is 0.478 e. The summed E-state index contributed by atoms with van der Waals surface area (Å²) in [5, 5.41) is 18.7. The van der Waals surface area contributed by atoms with E-state index in [-0.39, 0.29) is 12.2 Å². The molecular formula is C15H11BrN2O3. The van der Waals surface area contributed by atoms with Crippen LogP contribution >= 0.6 is 15.9 Å². The van der Waals surface area contributed by atoms with Gasteiger partial charge in [0.1, 0.15) is 5.65 Å². The van der Waals surface area contributed by atoms with Crippen LogP contribution in [-0.2, 0) is 6.61 Å². The lowest BCUT2D eigenvalue weighted by Gasteiger charge is -2.03. The van der Waals surface area contributed by atoms with Gasteiger partial charge in [-0.3, -0.25) is 0 Å². The lowest BCUT2D eigenvalue weighted by molar-refractivity contribution is 0.0696. The first-order valence-corrected chi connectivity index (χ1v) is 7.00. The van der Waals surface area contributed by atoms with Gasteiger partial charge in [-0.05, 0) is 24.3 Å². The van der Waals surface area contributed by atoms with Crippen molar-refractivity contribution in [1.82, 2.24) is 9.38 Å². The number of hydrogen-bond donors (Lipinski definition) is 2. The van der Waals surface area contributed by atoms with Crippen molar-refractivity contribution in [1.29, 1.82) is 0 Å². The summed E-state index contributed by atoms with van der Waals surface area (Å²) < 4.78 is 2.56. The molecule has 5 nitrogen and oxygen atoms in total. The Morgan fingerprint density at radius 3 is 2.52 bits per heavy atom. The van der Waals surface area contributed by atoms with E-state index in [1.165, 1.54) is 12.3 Å². The molecule has 21 heavy (non-hydrogen) atoms. The van der Waals surface area contributed by atoms with Gasteiger partial charge in [-0.1, -0.05) is 28.1 Å². The Morgan fingerprint density at radius 2 is 1.90 bits per heavy atom. The summed E-state index contributed by atoms with van der Waals surface area (Å²) in [6.07, 6.45) is 1.47. The smallest absolute Gasteiger partial charge is 0.337 e. The minimum absolute atomic E-state index is 0.150. The highest BCUT2D eigenvalue weighted by Crippen LogP contribution is 2.26. The number of aliphatic hydroxyl groups is 1. The fraction of sp³-hybridized carbons (Fsp3) is 0.0667. The second-order valence-electron chi connectivity index (χ2n) is 4.52. The molecule has 0 atom stereocenters. The first-order chi connectivity index (χ1) is 10.1. The maximum atomic E-state index is 11.1. The van der Waals surface area contributed by atoms with Gasteiger partial charge in [-0.25, -0.2) is 9.78 Å². The van der Waals surface area contributed by atoms with Crippen molar-refractivity contribution in [3.8, 4) is 11.3 Å². The van der Waals surface area contributed by atoms with Gasteiger partial charge >= 0.3 is 5.97 Å². The van der Waals surface area contributed by atoms with Crippen LogP contribution in [0.25, 0.3) is 16.9 Å². The molecule has 0 saturated carbocycles. The molecule has 6 heteroatoms. The molecule has 2 N–H and O–H groups in total. The van der Waals surface area contributed by atoms with Gasteiger partial charge < -0.3 is 14.6 Å². The number of carboxylic acid groups (broad SMARTS) is 1. The number of halogens is 1. The summed E-state index contributed by atoms with van der Waals surface area (Å²) in [5.41, 5.74) is 2.82. The summed E-state index contributed by atoms with van der Waals surface area (Å²) in [6, 6.07) is 10.7. The Bertz CT molecular complexity index is 825. The van der Waals surface area contributed by atoms with Crippen molar-refractivity contribution in [2.24, 2.45) is 0 Å². The summed E-state index contributed by atoms with van der Waals surface area (Å²) in [6.45, 7) is -0.227. The van der Waals surface area contributed by atoms with E-state index in [9.17, 15) is 9.90 Å². The third kappa shape index (κ3) is 2.43. The number of pyridine rings is 1. The lowest BCUT2D eigenvalue weighted by atomic mass is 10.1. The Morgan fingerprint density at radius 1 is 1.19 bits per heavy atom. The standard InChI is InChI=1S/C15H11BrN2O3/c16-11-4-1-9(2-5-11)14-12(8-19)18-7-10(15(20)21)3-6-13(18)17-14/h1-7,19H,8H2,(H,20,21). The molecule has 0 bridgehead atoms. The number of rotatable bonds is 3. The van der Waals surface area contributed by atoms with E-state index in [1.807, 2.05) is 24.3 Å². The van der Waals surface area contributed by atoms with Crippen LogP contribution in [0.3, 0.4) is 0 Å². The third-order valence-corrected chi connectivity index (χ3v) is 3.76. The monoisotopic (exact) mass is 346 g/mol. The molecule has 0 spiro atoms. The molecule has 106 valence electrons. The van der Waals surface area contributed by atoms with Crippen LogP contribution < -0.4 is 0 Å². The first-order valence-electron chi connectivity index (χ1n) is 6.21. The number of aromatic carboxylic acids is 1. The summed E-state index contributed by atoms with van der Waals surface area (Å²) >= 11 is 3.37. The molecule has 0 fully saturated rings. The average molecular weight is 347 g/mol. The van der Waals surface area contributed by atoms with Gasteiger partial charge in [0.15, 0.2) is 0 Å². The van der Waals surface area contributed by atoms with Crippen LogP contribution in [0.15, 0.2) is 47.1 Å². The molecule has 0 aliphatic heterocycles.